The number of aromatic amines is 1. The number of aromatic nitrogens is 1. The van der Waals surface area contributed by atoms with Crippen molar-refractivity contribution in [2.45, 2.75) is 0 Å². The molecule has 33 heavy (non-hydrogen) atoms. The van der Waals surface area contributed by atoms with Gasteiger partial charge in [-0.3, -0.25) is 0 Å². The zero-order valence-corrected chi connectivity index (χ0v) is 20.5. The van der Waals surface area contributed by atoms with E-state index in [1.54, 1.807) is 30.3 Å². The Morgan fingerprint density at radius 3 is 2.36 bits per heavy atom. The van der Waals surface area contributed by atoms with Crippen LogP contribution in [0.2, 0.25) is 0 Å². The van der Waals surface area contributed by atoms with Gasteiger partial charge in [0.05, 0.1) is 18.4 Å². The van der Waals surface area contributed by atoms with Gasteiger partial charge in [-0.15, -0.1) is 0 Å². The number of thiocarbonyl (C=S) groups is 1. The number of carbonyl (C=O) groups is 1. The molecule has 0 aliphatic rings. The first-order chi connectivity index (χ1) is 15.3. The van der Waals surface area contributed by atoms with E-state index in [1.807, 2.05) is 6.07 Å². The number of carboxylic acid groups (broad SMARTS) is 1. The van der Waals surface area contributed by atoms with E-state index in [0.717, 1.165) is 17.7 Å². The molecule has 6 nitrogen and oxygen atoms in total. The first-order valence-corrected chi connectivity index (χ1v) is 9.82. The van der Waals surface area contributed by atoms with Crippen molar-refractivity contribution in [1.82, 2.24) is 4.98 Å². The average molecular weight is 476 g/mol. The maximum absolute atomic E-state index is 13.5. The van der Waals surface area contributed by atoms with Crippen molar-refractivity contribution in [3.8, 4) is 17.0 Å². The fourth-order valence-corrected chi connectivity index (χ4v) is 3.46. The Morgan fingerprint density at radius 2 is 1.70 bits per heavy atom. The van der Waals surface area contributed by atoms with Gasteiger partial charge in [-0.2, -0.15) is 0 Å². The number of aromatic carboxylic acids is 1. The molecule has 0 saturated carbocycles. The second-order valence-electron chi connectivity index (χ2n) is 6.91. The summed E-state index contributed by atoms with van der Waals surface area (Å²) in [5.41, 5.74) is 3.24. The number of benzene rings is 3. The molecule has 1 radical (unpaired) electrons. The molecule has 163 valence electrons. The maximum Gasteiger partial charge on any atom is 0.335 e. The molecule has 1 aromatic heterocycles. The van der Waals surface area contributed by atoms with Crippen molar-refractivity contribution in [2.75, 3.05) is 17.7 Å². The number of carboxylic acids is 1. The summed E-state index contributed by atoms with van der Waals surface area (Å²) in [6.07, 6.45) is 0. The van der Waals surface area contributed by atoms with Crippen molar-refractivity contribution in [3.63, 3.8) is 0 Å². The van der Waals surface area contributed by atoms with Gasteiger partial charge < -0.3 is 25.5 Å². The Hall–Kier alpha value is -2.98. The zero-order chi connectivity index (χ0) is 22.8. The monoisotopic (exact) mass is 476 g/mol. The maximum atomic E-state index is 13.5. The third-order valence-corrected chi connectivity index (χ3v) is 5.01. The standard InChI is InChI=1S/C23H17F2N3O3S.Na/c1-31-21-7-4-13(18-10-14-8-16(24)17(25)11-19(14)27-18)9-20(21)28-23(32)26-15-5-2-12(3-6-15)22(29)30;/h2-11,27H,1H3,(H,29,30)(H2,26,28,32);. The molecule has 0 atom stereocenters. The van der Waals surface area contributed by atoms with Gasteiger partial charge in [-0.05, 0) is 66.8 Å². The number of rotatable bonds is 5. The summed E-state index contributed by atoms with van der Waals surface area (Å²) in [5.74, 6) is -2.31. The summed E-state index contributed by atoms with van der Waals surface area (Å²) >= 11 is 5.37. The minimum Gasteiger partial charge on any atom is -0.495 e. The van der Waals surface area contributed by atoms with E-state index in [2.05, 4.69) is 15.6 Å². The molecule has 4 N–H and O–H groups in total. The number of fused-ring (bicyclic) bond motifs is 1. The third-order valence-electron chi connectivity index (χ3n) is 4.81. The Bertz CT molecular complexity index is 1300. The van der Waals surface area contributed by atoms with Crippen molar-refractivity contribution >= 4 is 75.1 Å². The SMILES string of the molecule is COc1ccc(-c2cc3cc(F)c(F)cc3[nH]2)cc1NC(=S)Nc1ccc(C(=O)O)cc1.[Na]. The van der Waals surface area contributed by atoms with E-state index in [9.17, 15) is 13.6 Å². The Labute approximate surface area is 215 Å². The normalized spacial score (nSPS) is 10.4. The number of halogens is 2. The van der Waals surface area contributed by atoms with Gasteiger partial charge in [-0.1, -0.05) is 0 Å². The number of ether oxygens (including phenoxy) is 1. The van der Waals surface area contributed by atoms with E-state index in [0.29, 0.717) is 33.7 Å². The molecule has 1 heterocycles. The van der Waals surface area contributed by atoms with Crippen LogP contribution in [-0.4, -0.2) is 57.8 Å². The Kier molecular flexibility index (Phi) is 7.70. The van der Waals surface area contributed by atoms with Gasteiger partial charge in [0.25, 0.3) is 0 Å². The average Bonchev–Trinajstić information content (AvgIpc) is 3.17. The van der Waals surface area contributed by atoms with E-state index in [1.165, 1.54) is 19.2 Å². The molecule has 0 fully saturated rings. The molecule has 0 bridgehead atoms. The summed E-state index contributed by atoms with van der Waals surface area (Å²) < 4.78 is 32.5. The third kappa shape index (κ3) is 5.51. The molecule has 0 saturated heterocycles. The van der Waals surface area contributed by atoms with Crippen LogP contribution >= 0.6 is 12.2 Å². The number of hydrogen-bond donors (Lipinski definition) is 4. The summed E-state index contributed by atoms with van der Waals surface area (Å²) in [4.78, 5) is 14.1. The van der Waals surface area contributed by atoms with E-state index >= 15 is 0 Å². The Balaban J connectivity index is 0.00000306. The fraction of sp³-hybridized carbons (Fsp3) is 0.0435. The van der Waals surface area contributed by atoms with Gasteiger partial charge in [-0.25, -0.2) is 13.6 Å². The van der Waals surface area contributed by atoms with Gasteiger partial charge in [0.15, 0.2) is 16.7 Å². The molecular formula is C23H17F2N3NaO3S. The van der Waals surface area contributed by atoms with Gasteiger partial charge in [0.2, 0.25) is 0 Å². The van der Waals surface area contributed by atoms with E-state index < -0.39 is 17.6 Å². The quantitative estimate of drug-likeness (QED) is 0.233. The first kappa shape index (κ1) is 24.7. The number of anilines is 2. The predicted octanol–water partition coefficient (Wildman–Crippen LogP) is 5.25. The van der Waals surface area contributed by atoms with Crippen LogP contribution in [0.5, 0.6) is 5.75 Å². The topological polar surface area (TPSA) is 86.4 Å². The number of methoxy groups -OCH3 is 1. The smallest absolute Gasteiger partial charge is 0.335 e. The molecule has 0 spiro atoms. The second kappa shape index (κ2) is 10.3. The minimum atomic E-state index is -1.01. The molecular weight excluding hydrogens is 459 g/mol. The fourth-order valence-electron chi connectivity index (χ4n) is 3.24. The van der Waals surface area contributed by atoms with Crippen LogP contribution in [0.1, 0.15) is 10.4 Å². The summed E-state index contributed by atoms with van der Waals surface area (Å²) in [6.45, 7) is 0. The van der Waals surface area contributed by atoms with Gasteiger partial charge in [0, 0.05) is 63.5 Å². The van der Waals surface area contributed by atoms with Crippen molar-refractivity contribution < 1.29 is 23.4 Å². The van der Waals surface area contributed by atoms with Crippen molar-refractivity contribution in [1.29, 1.82) is 0 Å². The summed E-state index contributed by atoms with van der Waals surface area (Å²) in [5, 5.41) is 15.8. The van der Waals surface area contributed by atoms with E-state index in [-0.39, 0.29) is 40.2 Å². The van der Waals surface area contributed by atoms with E-state index in [4.69, 9.17) is 22.1 Å². The van der Waals surface area contributed by atoms with Crippen LogP contribution in [0.4, 0.5) is 20.2 Å². The molecule has 3 aromatic carbocycles. The number of hydrogen-bond acceptors (Lipinski definition) is 3. The van der Waals surface area contributed by atoms with Crippen molar-refractivity contribution in [2.24, 2.45) is 0 Å². The molecule has 4 aromatic rings. The predicted molar refractivity (Wildman–Crippen MR) is 129 cm³/mol. The largest absolute Gasteiger partial charge is 0.495 e. The van der Waals surface area contributed by atoms with Gasteiger partial charge >= 0.3 is 5.97 Å². The Morgan fingerprint density at radius 1 is 1.00 bits per heavy atom. The molecule has 0 unspecified atom stereocenters. The molecule has 0 amide bonds. The summed E-state index contributed by atoms with van der Waals surface area (Å²) in [6, 6.07) is 15.5. The van der Waals surface area contributed by atoms with Crippen LogP contribution in [-0.2, 0) is 0 Å². The summed E-state index contributed by atoms with van der Waals surface area (Å²) in [7, 11) is 1.52. The van der Waals surface area contributed by atoms with Crippen LogP contribution in [0.25, 0.3) is 22.2 Å². The molecule has 0 aliphatic heterocycles. The molecule has 0 aliphatic carbocycles. The van der Waals surface area contributed by atoms with Gasteiger partial charge in [0.1, 0.15) is 5.75 Å². The second-order valence-corrected chi connectivity index (χ2v) is 7.32. The first-order valence-electron chi connectivity index (χ1n) is 9.41. The van der Waals surface area contributed by atoms with Crippen LogP contribution in [0.15, 0.2) is 60.7 Å². The van der Waals surface area contributed by atoms with Crippen LogP contribution in [0.3, 0.4) is 0 Å². The van der Waals surface area contributed by atoms with Crippen LogP contribution < -0.4 is 15.4 Å². The van der Waals surface area contributed by atoms with Crippen LogP contribution in [0, 0.1) is 11.6 Å². The van der Waals surface area contributed by atoms with Crippen molar-refractivity contribution in [3.05, 3.63) is 77.9 Å². The number of nitrogens with one attached hydrogen (secondary N) is 3. The molecule has 10 heteroatoms. The zero-order valence-electron chi connectivity index (χ0n) is 17.7. The molecule has 4 rings (SSSR count). The number of H-pyrrole nitrogens is 1. The minimum absolute atomic E-state index is 0.